The molecule has 2 heterocycles. The second-order valence-electron chi connectivity index (χ2n) is 5.79. The molecule has 7 heteroatoms. The largest absolute Gasteiger partial charge is 0.493 e. The number of hydrogen-bond donors (Lipinski definition) is 1. The fourth-order valence-electron chi connectivity index (χ4n) is 3.02. The molecule has 0 spiro atoms. The normalized spacial score (nSPS) is 16.7. The van der Waals surface area contributed by atoms with E-state index in [2.05, 4.69) is 6.07 Å². The molecule has 0 bridgehead atoms. The molecule has 25 heavy (non-hydrogen) atoms. The van der Waals surface area contributed by atoms with Crippen LogP contribution in [0, 0.1) is 0 Å². The number of likely N-dealkylation sites (tertiary alicyclic amines) is 1. The molecule has 0 aliphatic carbocycles. The molecule has 6 nitrogen and oxygen atoms in total. The highest BCUT2D eigenvalue weighted by Gasteiger charge is 2.31. The Balaban J connectivity index is 1.80. The summed E-state index contributed by atoms with van der Waals surface area (Å²) >= 11 is 1.67. The molecule has 1 atom stereocenters. The zero-order chi connectivity index (χ0) is 17.8. The molecule has 1 saturated heterocycles. The third-order valence-electron chi connectivity index (χ3n) is 4.17. The van der Waals surface area contributed by atoms with Crippen LogP contribution < -0.4 is 15.2 Å². The summed E-state index contributed by atoms with van der Waals surface area (Å²) in [6.07, 6.45) is 1.97. The van der Waals surface area contributed by atoms with E-state index in [1.54, 1.807) is 29.5 Å². The van der Waals surface area contributed by atoms with Crippen LogP contribution in [0.4, 0.5) is 0 Å². The summed E-state index contributed by atoms with van der Waals surface area (Å²) in [5, 5.41) is 2.03. The second kappa shape index (κ2) is 7.57. The van der Waals surface area contributed by atoms with Crippen molar-refractivity contribution in [2.24, 2.45) is 5.73 Å². The predicted molar refractivity (Wildman–Crippen MR) is 95.0 cm³/mol. The number of nitrogens with zero attached hydrogens (tertiary/aromatic N) is 1. The van der Waals surface area contributed by atoms with Gasteiger partial charge in [0.1, 0.15) is 0 Å². The van der Waals surface area contributed by atoms with Crippen molar-refractivity contribution < 1.29 is 19.1 Å². The number of nitrogens with two attached hydrogens (primary N) is 1. The number of thiophene rings is 1. The number of methoxy groups -OCH3 is 1. The number of primary amides is 1. The number of ether oxygens (including phenoxy) is 2. The summed E-state index contributed by atoms with van der Waals surface area (Å²) in [7, 11) is 1.49. The van der Waals surface area contributed by atoms with Crippen LogP contribution in [0.15, 0.2) is 35.7 Å². The zero-order valence-electron chi connectivity index (χ0n) is 13.9. The molecule has 1 aliphatic heterocycles. The van der Waals surface area contributed by atoms with Gasteiger partial charge < -0.3 is 20.1 Å². The number of amides is 2. The van der Waals surface area contributed by atoms with Crippen LogP contribution in [0.2, 0.25) is 0 Å². The zero-order valence-corrected chi connectivity index (χ0v) is 14.8. The van der Waals surface area contributed by atoms with E-state index in [0.29, 0.717) is 17.1 Å². The van der Waals surface area contributed by atoms with Crippen molar-refractivity contribution in [3.8, 4) is 11.5 Å². The monoisotopic (exact) mass is 360 g/mol. The van der Waals surface area contributed by atoms with E-state index in [0.717, 1.165) is 19.4 Å². The number of carbonyl (C=O) groups is 2. The standard InChI is InChI=1S/C18H20N2O4S/c1-23-15-10-12(6-7-14(15)24-11-17(19)21)18(22)20-8-2-4-13(20)16-5-3-9-25-16/h3,5-7,9-10,13H,2,4,8,11H2,1H3,(H2,19,21). The number of hydrogen-bond acceptors (Lipinski definition) is 5. The SMILES string of the molecule is COc1cc(C(=O)N2CCCC2c2cccs2)ccc1OCC(N)=O. The van der Waals surface area contributed by atoms with Crippen LogP contribution in [0.1, 0.15) is 34.1 Å². The highest BCUT2D eigenvalue weighted by atomic mass is 32.1. The van der Waals surface area contributed by atoms with E-state index >= 15 is 0 Å². The van der Waals surface area contributed by atoms with Gasteiger partial charge in [0.15, 0.2) is 18.1 Å². The van der Waals surface area contributed by atoms with Crippen LogP contribution >= 0.6 is 11.3 Å². The maximum absolute atomic E-state index is 13.0. The highest BCUT2D eigenvalue weighted by Crippen LogP contribution is 2.36. The molecular formula is C18H20N2O4S. The minimum absolute atomic E-state index is 0.0318. The summed E-state index contributed by atoms with van der Waals surface area (Å²) in [4.78, 5) is 26.9. The van der Waals surface area contributed by atoms with Crippen molar-refractivity contribution in [3.63, 3.8) is 0 Å². The molecule has 1 aromatic heterocycles. The summed E-state index contributed by atoms with van der Waals surface area (Å²) in [6.45, 7) is 0.500. The lowest BCUT2D eigenvalue weighted by Gasteiger charge is -2.24. The van der Waals surface area contributed by atoms with Crippen LogP contribution in [0.3, 0.4) is 0 Å². The van der Waals surface area contributed by atoms with Gasteiger partial charge in [0, 0.05) is 17.0 Å². The Bertz CT molecular complexity index is 760. The summed E-state index contributed by atoms with van der Waals surface area (Å²) < 4.78 is 10.6. The molecule has 1 aliphatic rings. The number of rotatable bonds is 6. The van der Waals surface area contributed by atoms with Crippen molar-refractivity contribution in [1.82, 2.24) is 4.90 Å². The molecular weight excluding hydrogens is 340 g/mol. The van der Waals surface area contributed by atoms with Crippen molar-refractivity contribution in [2.75, 3.05) is 20.3 Å². The fraction of sp³-hybridized carbons (Fsp3) is 0.333. The van der Waals surface area contributed by atoms with Gasteiger partial charge in [0.05, 0.1) is 13.2 Å². The first-order valence-corrected chi connectivity index (χ1v) is 8.91. The van der Waals surface area contributed by atoms with Crippen molar-refractivity contribution in [2.45, 2.75) is 18.9 Å². The molecule has 3 rings (SSSR count). The quantitative estimate of drug-likeness (QED) is 0.858. The Morgan fingerprint density at radius 1 is 1.32 bits per heavy atom. The van der Waals surface area contributed by atoms with E-state index in [9.17, 15) is 9.59 Å². The van der Waals surface area contributed by atoms with Gasteiger partial charge in [-0.2, -0.15) is 0 Å². The molecule has 1 fully saturated rings. The van der Waals surface area contributed by atoms with E-state index in [1.807, 2.05) is 16.3 Å². The summed E-state index contributed by atoms with van der Waals surface area (Å²) in [6, 6.07) is 9.17. The Labute approximate surface area is 150 Å². The Hall–Kier alpha value is -2.54. The Morgan fingerprint density at radius 3 is 2.84 bits per heavy atom. The van der Waals surface area contributed by atoms with Crippen LogP contribution in [-0.2, 0) is 4.79 Å². The molecule has 2 N–H and O–H groups in total. The molecule has 2 aromatic rings. The van der Waals surface area contributed by atoms with Gasteiger partial charge in [0.25, 0.3) is 11.8 Å². The van der Waals surface area contributed by atoms with Crippen molar-refractivity contribution in [1.29, 1.82) is 0 Å². The number of benzene rings is 1. The third kappa shape index (κ3) is 3.76. The molecule has 1 unspecified atom stereocenters. The first-order chi connectivity index (χ1) is 12.1. The highest BCUT2D eigenvalue weighted by molar-refractivity contribution is 7.10. The van der Waals surface area contributed by atoms with Gasteiger partial charge in [-0.05, 0) is 42.5 Å². The Morgan fingerprint density at radius 2 is 2.16 bits per heavy atom. The van der Waals surface area contributed by atoms with Gasteiger partial charge in [-0.1, -0.05) is 6.07 Å². The minimum atomic E-state index is -0.571. The van der Waals surface area contributed by atoms with Crippen molar-refractivity contribution >= 4 is 23.2 Å². The van der Waals surface area contributed by atoms with Crippen LogP contribution in [-0.4, -0.2) is 37.0 Å². The van der Waals surface area contributed by atoms with Gasteiger partial charge in [-0.15, -0.1) is 11.3 Å². The first-order valence-electron chi connectivity index (χ1n) is 8.03. The lowest BCUT2D eigenvalue weighted by Crippen LogP contribution is -2.30. The lowest BCUT2D eigenvalue weighted by atomic mass is 10.1. The lowest BCUT2D eigenvalue weighted by molar-refractivity contribution is -0.119. The minimum Gasteiger partial charge on any atom is -0.493 e. The van der Waals surface area contributed by atoms with Gasteiger partial charge >= 0.3 is 0 Å². The average Bonchev–Trinajstić information content (AvgIpc) is 3.29. The van der Waals surface area contributed by atoms with E-state index in [1.165, 1.54) is 12.0 Å². The van der Waals surface area contributed by atoms with Gasteiger partial charge in [-0.3, -0.25) is 9.59 Å². The van der Waals surface area contributed by atoms with E-state index in [-0.39, 0.29) is 18.6 Å². The number of carbonyl (C=O) groups excluding carboxylic acids is 2. The smallest absolute Gasteiger partial charge is 0.255 e. The first kappa shape index (κ1) is 17.3. The summed E-state index contributed by atoms with van der Waals surface area (Å²) in [5.41, 5.74) is 5.62. The average molecular weight is 360 g/mol. The Kier molecular flexibility index (Phi) is 5.23. The molecule has 1 aromatic carbocycles. The maximum Gasteiger partial charge on any atom is 0.255 e. The molecule has 132 valence electrons. The fourth-order valence-corrected chi connectivity index (χ4v) is 3.89. The molecule has 2 amide bonds. The topological polar surface area (TPSA) is 81.9 Å². The predicted octanol–water partition coefficient (Wildman–Crippen LogP) is 2.60. The summed E-state index contributed by atoms with van der Waals surface area (Å²) in [5.74, 6) is 0.182. The maximum atomic E-state index is 13.0. The van der Waals surface area contributed by atoms with Crippen LogP contribution in [0.5, 0.6) is 11.5 Å². The van der Waals surface area contributed by atoms with E-state index in [4.69, 9.17) is 15.2 Å². The van der Waals surface area contributed by atoms with Gasteiger partial charge in [-0.25, -0.2) is 0 Å². The second-order valence-corrected chi connectivity index (χ2v) is 6.77. The third-order valence-corrected chi connectivity index (χ3v) is 5.14. The van der Waals surface area contributed by atoms with E-state index < -0.39 is 5.91 Å². The van der Waals surface area contributed by atoms with Crippen LogP contribution in [0.25, 0.3) is 0 Å². The van der Waals surface area contributed by atoms with Crippen molar-refractivity contribution in [3.05, 3.63) is 46.2 Å². The molecule has 0 saturated carbocycles. The van der Waals surface area contributed by atoms with Gasteiger partial charge in [0.2, 0.25) is 0 Å². The molecule has 0 radical (unpaired) electrons.